The van der Waals surface area contributed by atoms with Crippen LogP contribution in [0.25, 0.3) is 0 Å². The Balaban J connectivity index is 2.37. The summed E-state index contributed by atoms with van der Waals surface area (Å²) in [6.45, 7) is 3.79. The minimum absolute atomic E-state index is 0.0945. The number of hydrogen-bond donors (Lipinski definition) is 0. The average Bonchev–Trinajstić information content (AvgIpc) is 2.67. The van der Waals surface area contributed by atoms with Gasteiger partial charge < -0.3 is 0 Å². The van der Waals surface area contributed by atoms with Gasteiger partial charge >= 0.3 is 5.69 Å². The van der Waals surface area contributed by atoms with Crippen LogP contribution in [0.15, 0.2) is 0 Å². The third-order valence-corrected chi connectivity index (χ3v) is 3.67. The first-order chi connectivity index (χ1) is 8.54. The lowest BCUT2D eigenvalue weighted by molar-refractivity contribution is -0.385. The second-order valence-corrected chi connectivity index (χ2v) is 5.01. The lowest BCUT2D eigenvalue weighted by atomic mass is 9.87. The highest BCUT2D eigenvalue weighted by atomic mass is 16.6. The largest absolute Gasteiger partial charge is 0.327 e. The molecule has 6 heteroatoms. The molecule has 1 aromatic heterocycles. The van der Waals surface area contributed by atoms with Crippen molar-refractivity contribution in [3.63, 3.8) is 0 Å². The van der Waals surface area contributed by atoms with Gasteiger partial charge in [0.05, 0.1) is 11.0 Å². The SMILES string of the molecule is Cc1nn(C2CCC(C)CC2)c(C#N)c1[N+](=O)[O-]. The fraction of sp³-hybridized carbons (Fsp3) is 0.667. The lowest BCUT2D eigenvalue weighted by Gasteiger charge is -2.26. The molecule has 0 saturated heterocycles. The van der Waals surface area contributed by atoms with E-state index in [4.69, 9.17) is 5.26 Å². The Kier molecular flexibility index (Phi) is 3.32. The maximum atomic E-state index is 11.0. The third kappa shape index (κ3) is 2.08. The number of nitro groups is 1. The van der Waals surface area contributed by atoms with Gasteiger partial charge in [0.25, 0.3) is 0 Å². The predicted octanol–water partition coefficient (Wildman–Crippen LogP) is 2.72. The summed E-state index contributed by atoms with van der Waals surface area (Å²) in [5.74, 6) is 0.693. The highest BCUT2D eigenvalue weighted by Gasteiger charge is 2.30. The summed E-state index contributed by atoms with van der Waals surface area (Å²) in [5.41, 5.74) is 0.281. The Labute approximate surface area is 105 Å². The Bertz CT molecular complexity index is 507. The summed E-state index contributed by atoms with van der Waals surface area (Å²) in [5, 5.41) is 24.3. The maximum absolute atomic E-state index is 11.0. The van der Waals surface area contributed by atoms with E-state index in [0.29, 0.717) is 11.6 Å². The molecule has 96 valence electrons. The molecule has 1 heterocycles. The maximum Gasteiger partial charge on any atom is 0.327 e. The van der Waals surface area contributed by atoms with E-state index in [1.165, 1.54) is 0 Å². The average molecular weight is 248 g/mol. The molecule has 0 amide bonds. The number of nitriles is 1. The third-order valence-electron chi connectivity index (χ3n) is 3.67. The molecule has 1 aliphatic rings. The van der Waals surface area contributed by atoms with E-state index in [0.717, 1.165) is 25.7 Å². The fourth-order valence-corrected chi connectivity index (χ4v) is 2.61. The topological polar surface area (TPSA) is 84.8 Å². The van der Waals surface area contributed by atoms with Crippen molar-refractivity contribution in [2.75, 3.05) is 0 Å². The molecular weight excluding hydrogens is 232 g/mol. The van der Waals surface area contributed by atoms with E-state index in [9.17, 15) is 10.1 Å². The number of rotatable bonds is 2. The van der Waals surface area contributed by atoms with Gasteiger partial charge in [-0.3, -0.25) is 10.1 Å². The van der Waals surface area contributed by atoms with Crippen molar-refractivity contribution < 1.29 is 4.92 Å². The van der Waals surface area contributed by atoms with E-state index < -0.39 is 4.92 Å². The zero-order valence-electron chi connectivity index (χ0n) is 10.6. The summed E-state index contributed by atoms with van der Waals surface area (Å²) in [4.78, 5) is 10.4. The molecule has 0 N–H and O–H groups in total. The van der Waals surface area contributed by atoms with Crippen LogP contribution in [0.2, 0.25) is 0 Å². The highest BCUT2D eigenvalue weighted by molar-refractivity contribution is 5.47. The summed E-state index contributed by atoms with van der Waals surface area (Å²) in [7, 11) is 0. The van der Waals surface area contributed by atoms with Crippen molar-refractivity contribution >= 4 is 5.69 Å². The van der Waals surface area contributed by atoms with Gasteiger partial charge in [-0.25, -0.2) is 4.68 Å². The number of aryl methyl sites for hydroxylation is 1. The van der Waals surface area contributed by atoms with Crippen LogP contribution >= 0.6 is 0 Å². The number of hydrogen-bond acceptors (Lipinski definition) is 4. The molecule has 0 aliphatic heterocycles. The monoisotopic (exact) mass is 248 g/mol. The van der Waals surface area contributed by atoms with Gasteiger partial charge in [0, 0.05) is 0 Å². The van der Waals surface area contributed by atoms with E-state index in [-0.39, 0.29) is 17.4 Å². The van der Waals surface area contributed by atoms with Crippen LogP contribution in [0.4, 0.5) is 5.69 Å². The quantitative estimate of drug-likeness (QED) is 0.595. The van der Waals surface area contributed by atoms with Crippen LogP contribution in [0, 0.1) is 34.3 Å². The molecule has 2 rings (SSSR count). The molecule has 18 heavy (non-hydrogen) atoms. The predicted molar refractivity (Wildman–Crippen MR) is 65.0 cm³/mol. The Morgan fingerprint density at radius 1 is 1.44 bits per heavy atom. The Hall–Kier alpha value is -1.90. The van der Waals surface area contributed by atoms with Crippen molar-refractivity contribution in [2.45, 2.75) is 45.6 Å². The van der Waals surface area contributed by atoms with Crippen LogP contribution < -0.4 is 0 Å². The highest BCUT2D eigenvalue weighted by Crippen LogP contribution is 2.34. The van der Waals surface area contributed by atoms with Gasteiger partial charge in [-0.05, 0) is 38.5 Å². The van der Waals surface area contributed by atoms with Crippen molar-refractivity contribution in [3.8, 4) is 6.07 Å². The van der Waals surface area contributed by atoms with E-state index in [2.05, 4.69) is 12.0 Å². The second-order valence-electron chi connectivity index (χ2n) is 5.01. The molecule has 0 bridgehead atoms. The molecule has 0 unspecified atom stereocenters. The summed E-state index contributed by atoms with van der Waals surface area (Å²) < 4.78 is 1.57. The Morgan fingerprint density at radius 2 is 2.06 bits per heavy atom. The van der Waals surface area contributed by atoms with Gasteiger partial charge in [0.1, 0.15) is 11.8 Å². The molecule has 1 aliphatic carbocycles. The van der Waals surface area contributed by atoms with E-state index >= 15 is 0 Å². The molecule has 0 radical (unpaired) electrons. The van der Waals surface area contributed by atoms with Gasteiger partial charge in [-0.15, -0.1) is 0 Å². The molecule has 0 aromatic carbocycles. The smallest absolute Gasteiger partial charge is 0.258 e. The van der Waals surface area contributed by atoms with E-state index in [1.807, 2.05) is 6.07 Å². The van der Waals surface area contributed by atoms with Crippen LogP contribution in [0.1, 0.15) is 50.0 Å². The van der Waals surface area contributed by atoms with Gasteiger partial charge in [-0.1, -0.05) is 6.92 Å². The van der Waals surface area contributed by atoms with Crippen LogP contribution in [0.5, 0.6) is 0 Å². The summed E-state index contributed by atoms with van der Waals surface area (Å²) in [6.07, 6.45) is 4.05. The van der Waals surface area contributed by atoms with Crippen LogP contribution in [0.3, 0.4) is 0 Å². The zero-order valence-corrected chi connectivity index (χ0v) is 10.6. The standard InChI is InChI=1S/C12H16N4O2/c1-8-3-5-10(6-4-8)15-11(7-13)12(16(17)18)9(2)14-15/h8,10H,3-6H2,1-2H3. The minimum atomic E-state index is -0.511. The van der Waals surface area contributed by atoms with Crippen molar-refractivity contribution in [1.29, 1.82) is 5.26 Å². The van der Waals surface area contributed by atoms with Gasteiger partial charge in [0.15, 0.2) is 0 Å². The zero-order chi connectivity index (χ0) is 13.3. The first kappa shape index (κ1) is 12.6. The molecule has 1 fully saturated rings. The molecular formula is C12H16N4O2. The van der Waals surface area contributed by atoms with Crippen LogP contribution in [-0.2, 0) is 0 Å². The van der Waals surface area contributed by atoms with Gasteiger partial charge in [0.2, 0.25) is 5.69 Å². The normalized spacial score (nSPS) is 23.6. The van der Waals surface area contributed by atoms with E-state index in [1.54, 1.807) is 11.6 Å². The Morgan fingerprint density at radius 3 is 2.56 bits per heavy atom. The summed E-state index contributed by atoms with van der Waals surface area (Å²) >= 11 is 0. The lowest BCUT2D eigenvalue weighted by Crippen LogP contribution is -2.19. The molecule has 1 saturated carbocycles. The first-order valence-corrected chi connectivity index (χ1v) is 6.18. The van der Waals surface area contributed by atoms with Crippen molar-refractivity contribution in [1.82, 2.24) is 9.78 Å². The summed E-state index contributed by atoms with van der Waals surface area (Å²) in [6, 6.07) is 2.06. The first-order valence-electron chi connectivity index (χ1n) is 6.18. The molecule has 6 nitrogen and oxygen atoms in total. The van der Waals surface area contributed by atoms with Crippen LogP contribution in [-0.4, -0.2) is 14.7 Å². The fourth-order valence-electron chi connectivity index (χ4n) is 2.61. The van der Waals surface area contributed by atoms with Crippen molar-refractivity contribution in [3.05, 3.63) is 21.5 Å². The molecule has 0 atom stereocenters. The molecule has 0 spiro atoms. The number of aromatic nitrogens is 2. The second kappa shape index (κ2) is 4.77. The number of nitrogens with zero attached hydrogens (tertiary/aromatic N) is 4. The van der Waals surface area contributed by atoms with Crippen molar-refractivity contribution in [2.24, 2.45) is 5.92 Å². The minimum Gasteiger partial charge on any atom is -0.258 e. The molecule has 1 aromatic rings. The van der Waals surface area contributed by atoms with Gasteiger partial charge in [-0.2, -0.15) is 10.4 Å².